The zero-order chi connectivity index (χ0) is 22.5. The van der Waals surface area contributed by atoms with E-state index in [0.29, 0.717) is 31.9 Å². The molecule has 1 heterocycles. The van der Waals surface area contributed by atoms with E-state index in [1.165, 1.54) is 24.3 Å². The Bertz CT molecular complexity index is 972. The number of piperazine rings is 1. The summed E-state index contributed by atoms with van der Waals surface area (Å²) in [5.41, 5.74) is 1.86. The number of halogens is 2. The molecule has 1 aliphatic rings. The van der Waals surface area contributed by atoms with Crippen molar-refractivity contribution in [2.24, 2.45) is 0 Å². The Morgan fingerprint density at radius 3 is 1.78 bits per heavy atom. The number of carbonyl (C=O) groups is 1. The van der Waals surface area contributed by atoms with E-state index in [-0.39, 0.29) is 23.6 Å². The lowest BCUT2D eigenvalue weighted by molar-refractivity contribution is -0.140. The van der Waals surface area contributed by atoms with E-state index < -0.39 is 6.10 Å². The first kappa shape index (κ1) is 22.0. The number of hydrogen-bond donors (Lipinski definition) is 0. The van der Waals surface area contributed by atoms with Gasteiger partial charge in [0.25, 0.3) is 5.91 Å². The van der Waals surface area contributed by atoms with Crippen molar-refractivity contribution in [2.45, 2.75) is 19.1 Å². The van der Waals surface area contributed by atoms with Crippen molar-refractivity contribution < 1.29 is 18.3 Å². The van der Waals surface area contributed by atoms with Crippen LogP contribution in [0.2, 0.25) is 0 Å². The van der Waals surface area contributed by atoms with Crippen LogP contribution in [0.25, 0.3) is 0 Å². The summed E-state index contributed by atoms with van der Waals surface area (Å²) >= 11 is 0. The Morgan fingerprint density at radius 2 is 1.28 bits per heavy atom. The maximum atomic E-state index is 13.5. The van der Waals surface area contributed by atoms with Gasteiger partial charge in [0, 0.05) is 26.2 Å². The molecule has 6 heteroatoms. The third kappa shape index (κ3) is 5.14. The van der Waals surface area contributed by atoms with Gasteiger partial charge in [-0.15, -0.1) is 0 Å². The van der Waals surface area contributed by atoms with Crippen molar-refractivity contribution in [3.05, 3.63) is 102 Å². The third-order valence-corrected chi connectivity index (χ3v) is 5.77. The van der Waals surface area contributed by atoms with Gasteiger partial charge in [0.15, 0.2) is 6.10 Å². The molecule has 0 radical (unpaired) electrons. The second kappa shape index (κ2) is 9.92. The molecule has 1 fully saturated rings. The molecule has 1 saturated heterocycles. The van der Waals surface area contributed by atoms with Crippen LogP contribution in [0.1, 0.15) is 24.1 Å². The highest BCUT2D eigenvalue weighted by Gasteiger charge is 2.30. The molecule has 3 aromatic rings. The number of ether oxygens (including phenoxy) is 1. The van der Waals surface area contributed by atoms with Gasteiger partial charge in [-0.25, -0.2) is 8.78 Å². The van der Waals surface area contributed by atoms with Gasteiger partial charge in [-0.2, -0.15) is 0 Å². The molecular formula is C26H26F2N2O2. The van der Waals surface area contributed by atoms with E-state index in [4.69, 9.17) is 4.74 Å². The smallest absolute Gasteiger partial charge is 0.263 e. The van der Waals surface area contributed by atoms with E-state index in [2.05, 4.69) is 4.90 Å². The van der Waals surface area contributed by atoms with E-state index >= 15 is 0 Å². The van der Waals surface area contributed by atoms with Crippen molar-refractivity contribution in [3.63, 3.8) is 0 Å². The molecule has 32 heavy (non-hydrogen) atoms. The van der Waals surface area contributed by atoms with Gasteiger partial charge in [-0.05, 0) is 54.4 Å². The average Bonchev–Trinajstić information content (AvgIpc) is 2.82. The average molecular weight is 437 g/mol. The fraction of sp³-hybridized carbons (Fsp3) is 0.269. The van der Waals surface area contributed by atoms with Crippen LogP contribution in [0.15, 0.2) is 78.9 Å². The number of hydrogen-bond acceptors (Lipinski definition) is 3. The maximum absolute atomic E-state index is 13.5. The lowest BCUT2D eigenvalue weighted by Crippen LogP contribution is -2.52. The minimum absolute atomic E-state index is 0.0476. The zero-order valence-corrected chi connectivity index (χ0v) is 18.0. The third-order valence-electron chi connectivity index (χ3n) is 5.77. The van der Waals surface area contributed by atoms with Gasteiger partial charge >= 0.3 is 0 Å². The molecule has 1 atom stereocenters. The number of para-hydroxylation sites is 1. The summed E-state index contributed by atoms with van der Waals surface area (Å²) in [6.07, 6.45) is -0.575. The highest BCUT2D eigenvalue weighted by atomic mass is 19.1. The predicted octanol–water partition coefficient (Wildman–Crippen LogP) is 4.67. The molecule has 0 spiro atoms. The number of benzene rings is 3. The maximum Gasteiger partial charge on any atom is 0.263 e. The van der Waals surface area contributed by atoms with Crippen LogP contribution in [0.5, 0.6) is 5.75 Å². The second-order valence-corrected chi connectivity index (χ2v) is 7.94. The first-order valence-corrected chi connectivity index (χ1v) is 10.8. The van der Waals surface area contributed by atoms with Crippen LogP contribution in [0.3, 0.4) is 0 Å². The molecule has 0 saturated carbocycles. The fourth-order valence-corrected chi connectivity index (χ4v) is 4.12. The van der Waals surface area contributed by atoms with Gasteiger partial charge in [0.1, 0.15) is 17.4 Å². The molecule has 0 N–H and O–H groups in total. The first-order chi connectivity index (χ1) is 15.5. The normalized spacial score (nSPS) is 15.6. The molecule has 1 aliphatic heterocycles. The topological polar surface area (TPSA) is 32.8 Å². The largest absolute Gasteiger partial charge is 0.481 e. The van der Waals surface area contributed by atoms with Crippen molar-refractivity contribution in [1.29, 1.82) is 0 Å². The molecule has 166 valence electrons. The van der Waals surface area contributed by atoms with Crippen LogP contribution in [-0.4, -0.2) is 48.0 Å². The van der Waals surface area contributed by atoms with Gasteiger partial charge in [-0.1, -0.05) is 42.5 Å². The lowest BCUT2D eigenvalue weighted by atomic mass is 9.96. The monoisotopic (exact) mass is 436 g/mol. The minimum Gasteiger partial charge on any atom is -0.481 e. The summed E-state index contributed by atoms with van der Waals surface area (Å²) in [6.45, 7) is 4.16. The Morgan fingerprint density at radius 1 is 0.781 bits per heavy atom. The van der Waals surface area contributed by atoms with Gasteiger partial charge in [-0.3, -0.25) is 9.69 Å². The van der Waals surface area contributed by atoms with E-state index in [0.717, 1.165) is 11.1 Å². The molecule has 0 bridgehead atoms. The molecule has 3 aromatic carbocycles. The van der Waals surface area contributed by atoms with Crippen molar-refractivity contribution in [1.82, 2.24) is 9.80 Å². The summed E-state index contributed by atoms with van der Waals surface area (Å²) in [4.78, 5) is 17.0. The quantitative estimate of drug-likeness (QED) is 0.563. The summed E-state index contributed by atoms with van der Waals surface area (Å²) in [7, 11) is 0. The Hall–Kier alpha value is -3.25. The molecule has 0 unspecified atom stereocenters. The molecule has 4 nitrogen and oxygen atoms in total. The Kier molecular flexibility index (Phi) is 6.81. The van der Waals surface area contributed by atoms with Crippen molar-refractivity contribution in [3.8, 4) is 5.75 Å². The van der Waals surface area contributed by atoms with E-state index in [9.17, 15) is 13.6 Å². The minimum atomic E-state index is -0.575. The van der Waals surface area contributed by atoms with E-state index in [1.807, 2.05) is 35.2 Å². The molecule has 4 rings (SSSR count). The van der Waals surface area contributed by atoms with Gasteiger partial charge in [0.05, 0.1) is 6.04 Å². The fourth-order valence-electron chi connectivity index (χ4n) is 4.12. The highest BCUT2D eigenvalue weighted by molar-refractivity contribution is 5.81. The summed E-state index contributed by atoms with van der Waals surface area (Å²) in [6, 6.07) is 22.0. The Balaban J connectivity index is 1.45. The lowest BCUT2D eigenvalue weighted by Gasteiger charge is -2.40. The van der Waals surface area contributed by atoms with Crippen LogP contribution < -0.4 is 4.74 Å². The summed E-state index contributed by atoms with van der Waals surface area (Å²) in [5, 5.41) is 0. The molecule has 0 aliphatic carbocycles. The van der Waals surface area contributed by atoms with Gasteiger partial charge in [0.2, 0.25) is 0 Å². The van der Waals surface area contributed by atoms with Crippen LogP contribution in [0.4, 0.5) is 8.78 Å². The van der Waals surface area contributed by atoms with Crippen molar-refractivity contribution in [2.75, 3.05) is 26.2 Å². The standard InChI is InChI=1S/C26H26F2N2O2/c1-19(32-24-5-3-2-4-6-24)26(31)30-17-15-29(16-18-30)25(20-7-11-22(27)12-8-20)21-9-13-23(28)14-10-21/h2-14,19,25H,15-18H2,1H3/t19-/m0/s1. The summed E-state index contributed by atoms with van der Waals surface area (Å²) < 4.78 is 32.8. The number of nitrogens with zero attached hydrogens (tertiary/aromatic N) is 2. The summed E-state index contributed by atoms with van der Waals surface area (Å²) in [5.74, 6) is 0.0251. The molecular weight excluding hydrogens is 410 g/mol. The predicted molar refractivity (Wildman–Crippen MR) is 119 cm³/mol. The second-order valence-electron chi connectivity index (χ2n) is 7.94. The Labute approximate surface area is 187 Å². The SMILES string of the molecule is C[C@H](Oc1ccccc1)C(=O)N1CCN(C(c2ccc(F)cc2)c2ccc(F)cc2)CC1. The van der Waals surface area contributed by atoms with Gasteiger partial charge < -0.3 is 9.64 Å². The molecule has 0 aromatic heterocycles. The highest BCUT2D eigenvalue weighted by Crippen LogP contribution is 2.30. The first-order valence-electron chi connectivity index (χ1n) is 10.8. The van der Waals surface area contributed by atoms with Crippen LogP contribution in [-0.2, 0) is 4.79 Å². The number of carbonyl (C=O) groups excluding carboxylic acids is 1. The number of rotatable bonds is 6. The van der Waals surface area contributed by atoms with Crippen LogP contribution >= 0.6 is 0 Å². The zero-order valence-electron chi connectivity index (χ0n) is 18.0. The van der Waals surface area contributed by atoms with Crippen molar-refractivity contribution >= 4 is 5.91 Å². The molecule has 1 amide bonds. The number of amides is 1. The van der Waals surface area contributed by atoms with E-state index in [1.54, 1.807) is 31.2 Å². The van der Waals surface area contributed by atoms with Crippen LogP contribution in [0, 0.1) is 11.6 Å².